The van der Waals surface area contributed by atoms with Gasteiger partial charge < -0.3 is 4.90 Å². The molecule has 0 unspecified atom stereocenters. The molecule has 0 saturated carbocycles. The molecule has 1 aliphatic heterocycles. The summed E-state index contributed by atoms with van der Waals surface area (Å²) in [7, 11) is 0. The average Bonchev–Trinajstić information content (AvgIpc) is 3.16. The van der Waals surface area contributed by atoms with Gasteiger partial charge in [-0.3, -0.25) is 4.79 Å². The molecule has 8 heteroatoms. The van der Waals surface area contributed by atoms with Gasteiger partial charge in [-0.25, -0.2) is 0 Å². The molecule has 0 bridgehead atoms. The summed E-state index contributed by atoms with van der Waals surface area (Å²) in [6.07, 6.45) is 2.07. The lowest BCUT2D eigenvalue weighted by Gasteiger charge is -2.29. The average molecular weight is 406 g/mol. The van der Waals surface area contributed by atoms with Crippen molar-refractivity contribution in [1.82, 2.24) is 24.7 Å². The van der Waals surface area contributed by atoms with Crippen LogP contribution in [0.25, 0.3) is 15.5 Å². The van der Waals surface area contributed by atoms with E-state index < -0.39 is 0 Å². The molecule has 1 fully saturated rings. The first-order chi connectivity index (χ1) is 11.6. The Morgan fingerprint density at radius 1 is 1.21 bits per heavy atom. The fourth-order valence-corrected chi connectivity index (χ4v) is 3.92. The van der Waals surface area contributed by atoms with Gasteiger partial charge in [-0.1, -0.05) is 46.3 Å². The second-order valence-corrected chi connectivity index (χ2v) is 7.98. The second kappa shape index (κ2) is 6.25. The number of hydrogen-bond donors (Lipinski definition) is 0. The van der Waals surface area contributed by atoms with Crippen LogP contribution >= 0.6 is 27.3 Å². The van der Waals surface area contributed by atoms with Crippen LogP contribution in [0, 0.1) is 5.92 Å². The van der Waals surface area contributed by atoms with Gasteiger partial charge in [0.1, 0.15) is 5.01 Å². The van der Waals surface area contributed by atoms with Crippen molar-refractivity contribution in [3.63, 3.8) is 0 Å². The maximum Gasteiger partial charge on any atom is 0.293 e. The first kappa shape index (κ1) is 15.7. The molecule has 24 heavy (non-hydrogen) atoms. The zero-order valence-corrected chi connectivity index (χ0v) is 15.5. The Morgan fingerprint density at radius 3 is 2.62 bits per heavy atom. The molecule has 3 aromatic rings. The number of piperidine rings is 1. The lowest BCUT2D eigenvalue weighted by atomic mass is 9.99. The molecular formula is C16H16BrN5OS. The van der Waals surface area contributed by atoms with Crippen LogP contribution in [0.4, 0.5) is 0 Å². The molecular weight excluding hydrogens is 390 g/mol. The molecule has 0 N–H and O–H groups in total. The molecule has 1 aliphatic rings. The summed E-state index contributed by atoms with van der Waals surface area (Å²) < 4.78 is 2.59. The summed E-state index contributed by atoms with van der Waals surface area (Å²) in [5, 5.41) is 13.6. The Labute approximate surface area is 151 Å². The van der Waals surface area contributed by atoms with E-state index in [9.17, 15) is 4.79 Å². The van der Waals surface area contributed by atoms with E-state index in [2.05, 4.69) is 38.1 Å². The predicted molar refractivity (Wildman–Crippen MR) is 96.1 cm³/mol. The Morgan fingerprint density at radius 2 is 1.92 bits per heavy atom. The van der Waals surface area contributed by atoms with E-state index in [0.717, 1.165) is 41.0 Å². The topological polar surface area (TPSA) is 63.4 Å². The number of halogens is 1. The number of hydrogen-bond acceptors (Lipinski definition) is 5. The minimum Gasteiger partial charge on any atom is -0.336 e. The molecule has 124 valence electrons. The third-order valence-electron chi connectivity index (χ3n) is 4.34. The van der Waals surface area contributed by atoms with Crippen molar-refractivity contribution in [3.8, 4) is 10.6 Å². The van der Waals surface area contributed by atoms with Crippen LogP contribution in [-0.4, -0.2) is 43.7 Å². The summed E-state index contributed by atoms with van der Waals surface area (Å²) in [5.41, 5.74) is 0.999. The van der Waals surface area contributed by atoms with Gasteiger partial charge in [-0.05, 0) is 30.9 Å². The number of aromatic nitrogens is 4. The van der Waals surface area contributed by atoms with Crippen molar-refractivity contribution < 1.29 is 4.79 Å². The van der Waals surface area contributed by atoms with E-state index in [0.29, 0.717) is 16.7 Å². The highest BCUT2D eigenvalue weighted by Gasteiger charge is 2.26. The highest BCUT2D eigenvalue weighted by atomic mass is 79.9. The van der Waals surface area contributed by atoms with E-state index in [1.165, 1.54) is 11.3 Å². The maximum absolute atomic E-state index is 12.7. The van der Waals surface area contributed by atoms with E-state index in [1.54, 1.807) is 4.52 Å². The Kier molecular flexibility index (Phi) is 4.09. The van der Waals surface area contributed by atoms with Gasteiger partial charge in [0.15, 0.2) is 0 Å². The Bertz CT molecular complexity index is 880. The van der Waals surface area contributed by atoms with Crippen LogP contribution in [0.5, 0.6) is 0 Å². The van der Waals surface area contributed by atoms with Gasteiger partial charge >= 0.3 is 0 Å². The van der Waals surface area contributed by atoms with Gasteiger partial charge in [0, 0.05) is 23.1 Å². The molecule has 6 nitrogen and oxygen atoms in total. The van der Waals surface area contributed by atoms with Crippen LogP contribution in [0.2, 0.25) is 0 Å². The van der Waals surface area contributed by atoms with Crippen LogP contribution in [-0.2, 0) is 0 Å². The third-order valence-corrected chi connectivity index (χ3v) is 5.82. The minimum atomic E-state index is -0.0814. The largest absolute Gasteiger partial charge is 0.336 e. The summed E-state index contributed by atoms with van der Waals surface area (Å²) in [5.74, 6) is 0.900. The summed E-state index contributed by atoms with van der Waals surface area (Å²) in [6.45, 7) is 3.78. The zero-order valence-electron chi connectivity index (χ0n) is 13.1. The summed E-state index contributed by atoms with van der Waals surface area (Å²) >= 11 is 4.86. The fraction of sp³-hybridized carbons (Fsp3) is 0.375. The lowest BCUT2D eigenvalue weighted by Crippen LogP contribution is -2.38. The number of carbonyl (C=O) groups excluding carboxylic acids is 1. The molecule has 1 aromatic carbocycles. The van der Waals surface area contributed by atoms with Crippen molar-refractivity contribution in [2.24, 2.45) is 5.92 Å². The predicted octanol–water partition coefficient (Wildman–Crippen LogP) is 3.49. The van der Waals surface area contributed by atoms with Crippen LogP contribution in [0.3, 0.4) is 0 Å². The monoisotopic (exact) mass is 405 g/mol. The minimum absolute atomic E-state index is 0.0814. The zero-order chi connectivity index (χ0) is 16.7. The van der Waals surface area contributed by atoms with Crippen molar-refractivity contribution in [1.29, 1.82) is 0 Å². The van der Waals surface area contributed by atoms with Crippen molar-refractivity contribution in [2.45, 2.75) is 19.8 Å². The van der Waals surface area contributed by atoms with E-state index in [1.807, 2.05) is 29.2 Å². The van der Waals surface area contributed by atoms with E-state index in [-0.39, 0.29) is 5.91 Å². The molecule has 0 spiro atoms. The first-order valence-electron chi connectivity index (χ1n) is 7.89. The number of fused-ring (bicyclic) bond motifs is 1. The third kappa shape index (κ3) is 2.84. The maximum atomic E-state index is 12.7. The van der Waals surface area contributed by atoms with Gasteiger partial charge in [0.25, 0.3) is 5.91 Å². The Balaban J connectivity index is 1.65. The SMILES string of the molecule is CC1CCN(C(=O)c2nnc3sc(-c4ccc(Br)cc4)nn23)CC1. The van der Waals surface area contributed by atoms with Crippen molar-refractivity contribution in [3.05, 3.63) is 34.6 Å². The molecule has 4 rings (SSSR count). The number of rotatable bonds is 2. The van der Waals surface area contributed by atoms with Gasteiger partial charge in [-0.2, -0.15) is 9.61 Å². The Hall–Kier alpha value is -1.80. The second-order valence-electron chi connectivity index (χ2n) is 6.11. The van der Waals surface area contributed by atoms with Crippen LogP contribution in [0.1, 0.15) is 30.4 Å². The summed E-state index contributed by atoms with van der Waals surface area (Å²) in [4.78, 5) is 15.2. The molecule has 0 radical (unpaired) electrons. The van der Waals surface area contributed by atoms with Gasteiger partial charge in [0.2, 0.25) is 10.8 Å². The number of nitrogens with zero attached hydrogens (tertiary/aromatic N) is 5. The molecule has 0 atom stereocenters. The van der Waals surface area contributed by atoms with Gasteiger partial charge in [-0.15, -0.1) is 10.2 Å². The van der Waals surface area contributed by atoms with E-state index in [4.69, 9.17) is 0 Å². The number of benzene rings is 1. The summed E-state index contributed by atoms with van der Waals surface area (Å²) in [6, 6.07) is 7.92. The fourth-order valence-electron chi connectivity index (χ4n) is 2.81. The number of amides is 1. The highest BCUT2D eigenvalue weighted by Crippen LogP contribution is 2.27. The molecule has 1 amide bonds. The van der Waals surface area contributed by atoms with Gasteiger partial charge in [0.05, 0.1) is 0 Å². The molecule has 2 aromatic heterocycles. The van der Waals surface area contributed by atoms with Crippen LogP contribution in [0.15, 0.2) is 28.7 Å². The number of carbonyl (C=O) groups is 1. The number of likely N-dealkylation sites (tertiary alicyclic amines) is 1. The van der Waals surface area contributed by atoms with Crippen molar-refractivity contribution in [2.75, 3.05) is 13.1 Å². The lowest BCUT2D eigenvalue weighted by molar-refractivity contribution is 0.0682. The van der Waals surface area contributed by atoms with Crippen LogP contribution < -0.4 is 0 Å². The van der Waals surface area contributed by atoms with E-state index >= 15 is 0 Å². The van der Waals surface area contributed by atoms with Crippen molar-refractivity contribution >= 4 is 38.1 Å². The highest BCUT2D eigenvalue weighted by molar-refractivity contribution is 9.10. The molecule has 3 heterocycles. The first-order valence-corrected chi connectivity index (χ1v) is 9.50. The smallest absolute Gasteiger partial charge is 0.293 e. The quantitative estimate of drug-likeness (QED) is 0.654. The standard InChI is InChI=1S/C16H16BrN5OS/c1-10-6-8-21(9-7-10)15(23)13-18-19-16-22(13)20-14(24-16)11-2-4-12(17)5-3-11/h2-5,10H,6-9H2,1H3. The molecule has 1 saturated heterocycles. The normalized spacial score (nSPS) is 16.0. The molecule has 0 aliphatic carbocycles.